The molecule has 3 heteroatoms. The summed E-state index contributed by atoms with van der Waals surface area (Å²) in [5.41, 5.74) is 6.47. The lowest BCUT2D eigenvalue weighted by molar-refractivity contribution is -0.659. The van der Waals surface area contributed by atoms with Gasteiger partial charge in [0.2, 0.25) is 11.4 Å². The van der Waals surface area contributed by atoms with E-state index in [0.717, 1.165) is 33.3 Å². The molecule has 0 aliphatic rings. The van der Waals surface area contributed by atoms with Gasteiger partial charge in [-0.15, -0.1) is 0 Å². The minimum Gasteiger partial charge on any atom is -0.437 e. The van der Waals surface area contributed by atoms with E-state index in [1.165, 1.54) is 11.6 Å². The van der Waals surface area contributed by atoms with E-state index in [2.05, 4.69) is 55.4 Å². The van der Waals surface area contributed by atoms with Gasteiger partial charge in [0.15, 0.2) is 11.8 Å². The highest BCUT2D eigenvalue weighted by Gasteiger charge is 2.22. The second-order valence-electron chi connectivity index (χ2n) is 8.85. The first kappa shape index (κ1) is 14.6. The molecule has 0 bridgehead atoms. The van der Waals surface area contributed by atoms with Gasteiger partial charge in [-0.25, -0.2) is 9.55 Å². The normalized spacial score (nSPS) is 16.1. The number of pyridine rings is 2. The summed E-state index contributed by atoms with van der Waals surface area (Å²) < 4.78 is 63.6. The van der Waals surface area contributed by atoms with Crippen LogP contribution >= 0.6 is 0 Å². The van der Waals surface area contributed by atoms with Crippen molar-refractivity contribution in [2.75, 3.05) is 0 Å². The molecule has 0 amide bonds. The van der Waals surface area contributed by atoms with E-state index in [-0.39, 0.29) is 11.4 Å². The van der Waals surface area contributed by atoms with Crippen LogP contribution in [0.2, 0.25) is 0 Å². The second kappa shape index (κ2) is 8.15. The summed E-state index contributed by atoms with van der Waals surface area (Å²) in [6, 6.07) is 19.5. The highest BCUT2D eigenvalue weighted by atomic mass is 16.3. The average molecular weight is 443 g/mol. The fraction of sp³-hybridized carbons (Fsp3) is 0.267. The molecule has 2 aromatic carbocycles. The smallest absolute Gasteiger partial charge is 0.227 e. The van der Waals surface area contributed by atoms with Crippen LogP contribution in [0.5, 0.6) is 0 Å². The van der Waals surface area contributed by atoms with Crippen LogP contribution in [0.1, 0.15) is 65.8 Å². The molecule has 0 radical (unpaired) electrons. The number of furan rings is 1. The second-order valence-corrected chi connectivity index (χ2v) is 8.85. The minimum atomic E-state index is -3.13. The SMILES string of the molecule is [2H]C([2H])([2H])C([2H])(c1ccc2c(n1)oc1c(-c3ccc(-c4ccc(C(C)C)cc4)c[n+]3C)c(C)ccc12)C([2H])([2H])[2H]. The van der Waals surface area contributed by atoms with Gasteiger partial charge in [-0.05, 0) is 53.6 Å². The molecule has 5 rings (SSSR count). The van der Waals surface area contributed by atoms with Gasteiger partial charge in [0, 0.05) is 37.7 Å². The molecule has 5 aromatic rings. The highest BCUT2D eigenvalue weighted by molar-refractivity contribution is 6.08. The van der Waals surface area contributed by atoms with E-state index < -0.39 is 19.6 Å². The van der Waals surface area contributed by atoms with Crippen LogP contribution in [0.25, 0.3) is 44.5 Å². The quantitative estimate of drug-likeness (QED) is 0.267. The average Bonchev–Trinajstić information content (AvgIpc) is 3.25. The van der Waals surface area contributed by atoms with Gasteiger partial charge < -0.3 is 4.42 Å². The number of hydrogen-bond acceptors (Lipinski definition) is 2. The van der Waals surface area contributed by atoms with Crippen molar-refractivity contribution < 1.29 is 18.6 Å². The first-order valence-corrected chi connectivity index (χ1v) is 11.1. The summed E-state index contributed by atoms with van der Waals surface area (Å²) in [7, 11) is 1.97. The number of nitrogens with zero attached hydrogens (tertiary/aromatic N) is 2. The molecule has 0 spiro atoms. The third-order valence-electron chi connectivity index (χ3n) is 6.27. The van der Waals surface area contributed by atoms with Gasteiger partial charge in [0.25, 0.3) is 0 Å². The Balaban J connectivity index is 1.65. The van der Waals surface area contributed by atoms with Crippen molar-refractivity contribution in [1.29, 1.82) is 0 Å². The van der Waals surface area contributed by atoms with E-state index in [0.29, 0.717) is 16.9 Å². The fourth-order valence-electron chi connectivity index (χ4n) is 4.38. The number of fused-ring (bicyclic) bond motifs is 3. The summed E-state index contributed by atoms with van der Waals surface area (Å²) in [4.78, 5) is 4.30. The maximum Gasteiger partial charge on any atom is 0.227 e. The first-order valence-electron chi connectivity index (χ1n) is 14.6. The van der Waals surface area contributed by atoms with Crippen LogP contribution in [-0.2, 0) is 7.05 Å². The molecule has 0 aliphatic carbocycles. The number of hydrogen-bond donors (Lipinski definition) is 0. The number of benzene rings is 2. The predicted octanol–water partition coefficient (Wildman–Crippen LogP) is 7.69. The van der Waals surface area contributed by atoms with Gasteiger partial charge in [-0.1, -0.05) is 63.9 Å². The van der Waals surface area contributed by atoms with Gasteiger partial charge >= 0.3 is 0 Å². The van der Waals surface area contributed by atoms with Crippen LogP contribution in [0.15, 0.2) is 71.3 Å². The zero-order valence-corrected chi connectivity index (χ0v) is 19.2. The molecule has 0 saturated heterocycles. The van der Waals surface area contributed by atoms with E-state index >= 15 is 0 Å². The van der Waals surface area contributed by atoms with Crippen molar-refractivity contribution in [2.45, 2.75) is 46.3 Å². The maximum absolute atomic E-state index is 8.50. The summed E-state index contributed by atoms with van der Waals surface area (Å²) in [6.07, 6.45) is 2.07. The molecule has 166 valence electrons. The Hall–Kier alpha value is -3.46. The molecule has 0 unspecified atom stereocenters. The summed E-state index contributed by atoms with van der Waals surface area (Å²) >= 11 is 0. The Morgan fingerprint density at radius 2 is 1.64 bits per heavy atom. The fourth-order valence-corrected chi connectivity index (χ4v) is 4.38. The van der Waals surface area contributed by atoms with Crippen LogP contribution in [0, 0.1) is 6.92 Å². The summed E-state index contributed by atoms with van der Waals surface area (Å²) in [5.74, 6) is -2.44. The minimum absolute atomic E-state index is 0.0917. The van der Waals surface area contributed by atoms with Gasteiger partial charge in [0.05, 0.1) is 5.56 Å². The van der Waals surface area contributed by atoms with E-state index in [4.69, 9.17) is 14.0 Å². The predicted molar refractivity (Wildman–Crippen MR) is 136 cm³/mol. The highest BCUT2D eigenvalue weighted by Crippen LogP contribution is 2.37. The molecular formula is C30H31N2O+. The van der Waals surface area contributed by atoms with Crippen molar-refractivity contribution in [1.82, 2.24) is 4.98 Å². The zero-order valence-electron chi connectivity index (χ0n) is 26.2. The molecular weight excluding hydrogens is 404 g/mol. The van der Waals surface area contributed by atoms with E-state index in [9.17, 15) is 0 Å². The largest absolute Gasteiger partial charge is 0.437 e. The molecule has 33 heavy (non-hydrogen) atoms. The first-order chi connectivity index (χ1) is 18.6. The van der Waals surface area contributed by atoms with E-state index in [1.807, 2.05) is 36.7 Å². The molecule has 0 saturated carbocycles. The van der Waals surface area contributed by atoms with Gasteiger partial charge in [-0.2, -0.15) is 0 Å². The van der Waals surface area contributed by atoms with Crippen LogP contribution in [0.4, 0.5) is 0 Å². The monoisotopic (exact) mass is 442 g/mol. The molecule has 0 N–H and O–H groups in total. The molecule has 0 atom stereocenters. The van der Waals surface area contributed by atoms with Crippen molar-refractivity contribution in [3.05, 3.63) is 83.7 Å². The van der Waals surface area contributed by atoms with Gasteiger partial charge in [-0.3, -0.25) is 0 Å². The Bertz CT molecular complexity index is 1720. The molecule has 3 nitrogen and oxygen atoms in total. The van der Waals surface area contributed by atoms with Crippen LogP contribution in [-0.4, -0.2) is 4.98 Å². The summed E-state index contributed by atoms with van der Waals surface area (Å²) in [6.45, 7) is 0.0721. The van der Waals surface area contributed by atoms with Gasteiger partial charge in [0.1, 0.15) is 7.05 Å². The van der Waals surface area contributed by atoms with Crippen molar-refractivity contribution in [2.24, 2.45) is 7.05 Å². The van der Waals surface area contributed by atoms with Crippen molar-refractivity contribution in [3.8, 4) is 22.4 Å². The number of aromatic nitrogens is 2. The standard InChI is InChI=1S/C30H31N2O/c1-18(2)21-8-10-22(11-9-21)23-12-16-27(32(6)17-23)28-20(5)7-13-24-25-14-15-26(19(3)4)31-30(25)33-29(24)28/h7-19H,1-6H3/q+1/i3D3,4D3,19D. The topological polar surface area (TPSA) is 29.9 Å². The number of aryl methyl sites for hydroxylation is 2. The third kappa shape index (κ3) is 3.72. The maximum atomic E-state index is 8.50. The summed E-state index contributed by atoms with van der Waals surface area (Å²) in [5, 5.41) is 1.38. The molecule has 3 heterocycles. The van der Waals surface area contributed by atoms with Crippen LogP contribution in [0.3, 0.4) is 0 Å². The van der Waals surface area contributed by atoms with Crippen LogP contribution < -0.4 is 4.57 Å². The molecule has 0 fully saturated rings. The lowest BCUT2D eigenvalue weighted by atomic mass is 9.98. The zero-order chi connectivity index (χ0) is 29.2. The van der Waals surface area contributed by atoms with Crippen molar-refractivity contribution >= 4 is 22.1 Å². The Labute approximate surface area is 205 Å². The lowest BCUT2D eigenvalue weighted by Gasteiger charge is -2.09. The molecule has 3 aromatic heterocycles. The number of rotatable bonds is 4. The van der Waals surface area contributed by atoms with Crippen molar-refractivity contribution in [3.63, 3.8) is 0 Å². The lowest BCUT2D eigenvalue weighted by Crippen LogP contribution is -2.31. The Morgan fingerprint density at radius 3 is 2.33 bits per heavy atom. The Morgan fingerprint density at radius 1 is 0.909 bits per heavy atom. The third-order valence-corrected chi connectivity index (χ3v) is 6.27. The van der Waals surface area contributed by atoms with E-state index in [1.54, 1.807) is 6.07 Å². The molecule has 0 aliphatic heterocycles. The Kier molecular flexibility index (Phi) is 3.62.